The Hall–Kier alpha value is -3.44. The Balaban J connectivity index is 1.60. The van der Waals surface area contributed by atoms with Crippen LogP contribution in [0.15, 0.2) is 86.0 Å². The number of phosphoric ester groups is 1. The average Bonchev–Trinajstić information content (AvgIpc) is 3.37. The first-order valence-electron chi connectivity index (χ1n) is 27.7. The zero-order valence-corrected chi connectivity index (χ0v) is 44.8. The fourth-order valence-electron chi connectivity index (χ4n) is 9.28. The molecule has 1 N–H and O–H groups in total. The highest BCUT2D eigenvalue weighted by atomic mass is 31.2. The van der Waals surface area contributed by atoms with E-state index < -0.39 is 68.4 Å². The van der Waals surface area contributed by atoms with Crippen molar-refractivity contribution in [2.75, 3.05) is 13.2 Å². The number of hydrogen-bond acceptors (Lipinski definition) is 10. The minimum Gasteiger partial charge on any atom is -0.462 e. The van der Waals surface area contributed by atoms with Crippen LogP contribution in [0, 0.1) is 11.8 Å². The molecular formula is C59H93O11P. The first-order valence-corrected chi connectivity index (χ1v) is 29.2. The lowest BCUT2D eigenvalue weighted by atomic mass is 9.73. The zero-order valence-electron chi connectivity index (χ0n) is 43.9. The summed E-state index contributed by atoms with van der Waals surface area (Å²) in [6, 6.07) is 18.7. The van der Waals surface area contributed by atoms with Crippen molar-refractivity contribution in [3.8, 4) is 0 Å². The molecule has 0 bridgehead atoms. The maximum absolute atomic E-state index is 14.4. The van der Waals surface area contributed by atoms with Gasteiger partial charge in [0.05, 0.1) is 25.9 Å². The van der Waals surface area contributed by atoms with Gasteiger partial charge in [0, 0.05) is 24.7 Å². The molecule has 0 radical (unpaired) electrons. The highest BCUT2D eigenvalue weighted by molar-refractivity contribution is 7.47. The van der Waals surface area contributed by atoms with E-state index in [1.165, 1.54) is 116 Å². The molecule has 0 amide bonds. The molecule has 0 aromatic heterocycles. The van der Waals surface area contributed by atoms with Crippen LogP contribution in [0.25, 0.3) is 0 Å². The molecule has 12 heteroatoms. The molecule has 0 heterocycles. The highest BCUT2D eigenvalue weighted by Crippen LogP contribution is 2.49. The van der Waals surface area contributed by atoms with Gasteiger partial charge in [-0.2, -0.15) is 0 Å². The van der Waals surface area contributed by atoms with Gasteiger partial charge in [0.15, 0.2) is 18.0 Å². The number of phosphoric acid groups is 1. The Morgan fingerprint density at radius 3 is 1.41 bits per heavy atom. The lowest BCUT2D eigenvalue weighted by molar-refractivity contribution is -0.170. The van der Waals surface area contributed by atoms with Crippen molar-refractivity contribution in [1.29, 1.82) is 0 Å². The third kappa shape index (κ3) is 27.4. The standard InChI is InChI=1S/C59H93O11P/c1-5-9-11-13-15-17-19-21-23-25-27-29-37-43-54(60)65-47-51(69-55(61)44-38-30-28-26-24-22-20-18-16-14-12-10-6-2)48-68-71(63,64)70-59-56(62)57(66-45-49-39-33-31-34-40-49)52(7-3)53(8-4)58(59)67-46-50-41-35-32-36-42-50/h7-8,31-36,39-42,51-53,57-59H,3-6,9-30,37-38,43-48H2,1-2H3,(H,63,64)/t51-,52?,53?,57?,58?,59?/m0/s1. The van der Waals surface area contributed by atoms with Crippen LogP contribution >= 0.6 is 7.82 Å². The van der Waals surface area contributed by atoms with Gasteiger partial charge in [-0.15, -0.1) is 13.2 Å². The molecule has 0 aliphatic heterocycles. The van der Waals surface area contributed by atoms with Gasteiger partial charge in [0.1, 0.15) is 12.7 Å². The number of ketones is 1. The van der Waals surface area contributed by atoms with Crippen molar-refractivity contribution in [2.24, 2.45) is 11.8 Å². The van der Waals surface area contributed by atoms with E-state index in [2.05, 4.69) is 27.0 Å². The summed E-state index contributed by atoms with van der Waals surface area (Å²) in [7, 11) is -5.09. The van der Waals surface area contributed by atoms with Crippen LogP contribution in [0.4, 0.5) is 0 Å². The first-order chi connectivity index (χ1) is 34.6. The molecule has 6 unspecified atom stereocenters. The second-order valence-corrected chi connectivity index (χ2v) is 21.0. The third-order valence-electron chi connectivity index (χ3n) is 13.5. The molecule has 1 fully saturated rings. The van der Waals surface area contributed by atoms with Gasteiger partial charge in [-0.3, -0.25) is 23.4 Å². The highest BCUT2D eigenvalue weighted by Gasteiger charge is 2.52. The van der Waals surface area contributed by atoms with E-state index in [9.17, 15) is 23.8 Å². The van der Waals surface area contributed by atoms with E-state index in [1.54, 1.807) is 12.2 Å². The Bertz CT molecular complexity index is 1760. The van der Waals surface area contributed by atoms with Crippen LogP contribution in [0.3, 0.4) is 0 Å². The maximum atomic E-state index is 14.4. The molecule has 0 spiro atoms. The summed E-state index contributed by atoms with van der Waals surface area (Å²) in [6.45, 7) is 11.7. The molecule has 11 nitrogen and oxygen atoms in total. The lowest BCUT2D eigenvalue weighted by Gasteiger charge is -2.43. The van der Waals surface area contributed by atoms with Crippen LogP contribution < -0.4 is 0 Å². The summed E-state index contributed by atoms with van der Waals surface area (Å²) in [6.07, 6.45) is 29.2. The smallest absolute Gasteiger partial charge is 0.462 e. The van der Waals surface area contributed by atoms with Crippen LogP contribution in [0.5, 0.6) is 0 Å². The van der Waals surface area contributed by atoms with Crippen LogP contribution in [-0.4, -0.2) is 60.2 Å². The number of benzene rings is 2. The fourth-order valence-corrected chi connectivity index (χ4v) is 10.2. The van der Waals surface area contributed by atoms with Crippen molar-refractivity contribution in [2.45, 2.75) is 231 Å². The monoisotopic (exact) mass is 1010 g/mol. The molecule has 3 rings (SSSR count). The largest absolute Gasteiger partial charge is 0.473 e. The molecule has 1 aliphatic rings. The molecule has 71 heavy (non-hydrogen) atoms. The quantitative estimate of drug-likeness (QED) is 0.0293. The summed E-state index contributed by atoms with van der Waals surface area (Å²) in [4.78, 5) is 51.8. The van der Waals surface area contributed by atoms with Gasteiger partial charge < -0.3 is 23.8 Å². The van der Waals surface area contributed by atoms with E-state index in [-0.39, 0.29) is 32.7 Å². The Morgan fingerprint density at radius 1 is 0.563 bits per heavy atom. The minimum atomic E-state index is -5.09. The summed E-state index contributed by atoms with van der Waals surface area (Å²) in [5, 5.41) is 0. The minimum absolute atomic E-state index is 0.0704. The zero-order chi connectivity index (χ0) is 51.2. The Labute approximate surface area is 429 Å². The Kier molecular flexibility index (Phi) is 34.0. The number of hydrogen-bond donors (Lipinski definition) is 1. The number of rotatable bonds is 44. The summed E-state index contributed by atoms with van der Waals surface area (Å²) >= 11 is 0. The summed E-state index contributed by atoms with van der Waals surface area (Å²) in [5.41, 5.74) is 1.64. The molecule has 7 atom stereocenters. The van der Waals surface area contributed by atoms with E-state index in [4.69, 9.17) is 28.0 Å². The number of esters is 2. The van der Waals surface area contributed by atoms with Crippen molar-refractivity contribution >= 4 is 25.5 Å². The molecule has 2 aromatic carbocycles. The molecule has 1 saturated carbocycles. The van der Waals surface area contributed by atoms with E-state index >= 15 is 0 Å². The van der Waals surface area contributed by atoms with Crippen LogP contribution in [0.1, 0.15) is 205 Å². The van der Waals surface area contributed by atoms with Crippen molar-refractivity contribution in [3.05, 3.63) is 97.1 Å². The SMILES string of the molecule is C=CC1C(OCc2ccccc2)C(=O)C(OP(=O)(O)OC[C@H](COC(=O)CCCCCCCCCCCCCCC)OC(=O)CCCCCCCCCCCCCCC)C(OCc2ccccc2)C1C=C. The van der Waals surface area contributed by atoms with Gasteiger partial charge in [-0.1, -0.05) is 241 Å². The molecule has 0 saturated heterocycles. The van der Waals surface area contributed by atoms with E-state index in [0.717, 1.165) is 49.7 Å². The summed E-state index contributed by atoms with van der Waals surface area (Å²) in [5.74, 6) is -2.82. The predicted molar refractivity (Wildman–Crippen MR) is 285 cm³/mol. The fraction of sp³-hybridized carbons (Fsp3) is 0.678. The van der Waals surface area contributed by atoms with Gasteiger partial charge in [0.2, 0.25) is 0 Å². The number of carbonyl (C=O) groups excluding carboxylic acids is 3. The second kappa shape index (κ2) is 39.1. The Morgan fingerprint density at radius 2 is 0.972 bits per heavy atom. The molecule has 1 aliphatic carbocycles. The third-order valence-corrected chi connectivity index (χ3v) is 14.5. The summed E-state index contributed by atoms with van der Waals surface area (Å²) < 4.78 is 49.1. The van der Waals surface area contributed by atoms with Gasteiger partial charge >= 0.3 is 19.8 Å². The second-order valence-electron chi connectivity index (χ2n) is 19.6. The van der Waals surface area contributed by atoms with Crippen LogP contribution in [0.2, 0.25) is 0 Å². The average molecular weight is 1010 g/mol. The topological polar surface area (TPSA) is 144 Å². The first kappa shape index (κ1) is 61.9. The molecular weight excluding hydrogens is 916 g/mol. The number of unbranched alkanes of at least 4 members (excludes halogenated alkanes) is 24. The predicted octanol–water partition coefficient (Wildman–Crippen LogP) is 15.3. The lowest BCUT2D eigenvalue weighted by Crippen LogP contribution is -2.57. The van der Waals surface area contributed by atoms with Crippen molar-refractivity contribution < 1.29 is 51.8 Å². The van der Waals surface area contributed by atoms with Crippen molar-refractivity contribution in [1.82, 2.24) is 0 Å². The van der Waals surface area contributed by atoms with E-state index in [1.807, 2.05) is 60.7 Å². The van der Waals surface area contributed by atoms with Crippen molar-refractivity contribution in [3.63, 3.8) is 0 Å². The van der Waals surface area contributed by atoms with Gasteiger partial charge in [0.25, 0.3) is 0 Å². The number of Topliss-reactive ketones (excluding diaryl/α,β-unsaturated/α-hetero) is 1. The normalized spacial score (nSPS) is 19.2. The maximum Gasteiger partial charge on any atom is 0.473 e. The number of carbonyl (C=O) groups is 3. The molecule has 400 valence electrons. The van der Waals surface area contributed by atoms with Gasteiger partial charge in [-0.25, -0.2) is 4.57 Å². The van der Waals surface area contributed by atoms with Crippen LogP contribution in [-0.2, 0) is 60.2 Å². The van der Waals surface area contributed by atoms with Gasteiger partial charge in [-0.05, 0) is 24.0 Å². The van der Waals surface area contributed by atoms with E-state index in [0.29, 0.717) is 12.8 Å². The molecule has 2 aromatic rings. The number of ether oxygens (including phenoxy) is 4.